The number of rotatable bonds is 7. The fourth-order valence-corrected chi connectivity index (χ4v) is 1.84. The summed E-state index contributed by atoms with van der Waals surface area (Å²) in [6.07, 6.45) is 2.53. The lowest BCUT2D eigenvalue weighted by atomic mass is 10.1. The number of nitrogens with one attached hydrogen (secondary N) is 1. The van der Waals surface area contributed by atoms with Crippen LogP contribution in [0.2, 0.25) is 0 Å². The average molecular weight is 235 g/mol. The highest BCUT2D eigenvalue weighted by atomic mass is 16.5. The Morgan fingerprint density at radius 2 is 2.00 bits per heavy atom. The van der Waals surface area contributed by atoms with Crippen LogP contribution in [0.4, 0.5) is 0 Å². The van der Waals surface area contributed by atoms with Crippen molar-refractivity contribution in [3.8, 4) is 5.75 Å². The van der Waals surface area contributed by atoms with Gasteiger partial charge in [0.2, 0.25) is 0 Å². The monoisotopic (exact) mass is 235 g/mol. The molecule has 17 heavy (non-hydrogen) atoms. The van der Waals surface area contributed by atoms with Crippen LogP contribution in [0, 0.1) is 13.8 Å². The molecule has 1 aromatic carbocycles. The molecule has 0 spiro atoms. The summed E-state index contributed by atoms with van der Waals surface area (Å²) in [6, 6.07) is 6.38. The summed E-state index contributed by atoms with van der Waals surface area (Å²) < 4.78 is 6.11. The smallest absolute Gasteiger partial charge is 0.122 e. The highest BCUT2D eigenvalue weighted by Crippen LogP contribution is 2.21. The van der Waals surface area contributed by atoms with Crippen molar-refractivity contribution in [1.82, 2.24) is 5.32 Å². The van der Waals surface area contributed by atoms with Crippen LogP contribution in [0.1, 0.15) is 37.8 Å². The fraction of sp³-hybridized carbons (Fsp3) is 0.600. The summed E-state index contributed by atoms with van der Waals surface area (Å²) in [4.78, 5) is 0. The van der Waals surface area contributed by atoms with E-state index in [0.29, 0.717) is 0 Å². The predicted octanol–water partition coefficient (Wildman–Crippen LogP) is 3.46. The Bertz CT molecular complexity index is 336. The third-order valence-corrected chi connectivity index (χ3v) is 2.87. The lowest BCUT2D eigenvalue weighted by Crippen LogP contribution is -2.31. The Kier molecular flexibility index (Phi) is 6.06. The van der Waals surface area contributed by atoms with Gasteiger partial charge in [-0.05, 0) is 44.0 Å². The van der Waals surface area contributed by atoms with Crippen LogP contribution in [0.3, 0.4) is 0 Å². The summed E-state index contributed by atoms with van der Waals surface area (Å²) >= 11 is 0. The minimum Gasteiger partial charge on any atom is -0.489 e. The molecular weight excluding hydrogens is 210 g/mol. The summed E-state index contributed by atoms with van der Waals surface area (Å²) in [6.45, 7) is 10.5. The highest BCUT2D eigenvalue weighted by molar-refractivity contribution is 5.36. The topological polar surface area (TPSA) is 21.3 Å². The molecule has 2 heteroatoms. The molecule has 1 unspecified atom stereocenters. The first-order chi connectivity index (χ1) is 8.17. The highest BCUT2D eigenvalue weighted by Gasteiger charge is 2.10. The number of likely N-dealkylation sites (N-methyl/N-ethyl adjacent to an activating group) is 1. The number of benzene rings is 1. The van der Waals surface area contributed by atoms with E-state index in [0.717, 1.165) is 31.7 Å². The Morgan fingerprint density at radius 1 is 1.24 bits per heavy atom. The molecule has 2 nitrogen and oxygen atoms in total. The van der Waals surface area contributed by atoms with E-state index >= 15 is 0 Å². The SMILES string of the molecule is CCCC(CNCC)Oc1cc(C)ccc1C. The molecule has 0 aliphatic rings. The molecule has 0 fully saturated rings. The predicted molar refractivity (Wildman–Crippen MR) is 73.8 cm³/mol. The van der Waals surface area contributed by atoms with E-state index in [1.807, 2.05) is 0 Å². The van der Waals surface area contributed by atoms with Crippen LogP contribution in [0.15, 0.2) is 18.2 Å². The van der Waals surface area contributed by atoms with Gasteiger partial charge in [0, 0.05) is 6.54 Å². The van der Waals surface area contributed by atoms with Gasteiger partial charge in [0.05, 0.1) is 0 Å². The molecule has 0 amide bonds. The van der Waals surface area contributed by atoms with E-state index in [2.05, 4.69) is 51.2 Å². The second-order valence-corrected chi connectivity index (χ2v) is 4.61. The van der Waals surface area contributed by atoms with Gasteiger partial charge in [-0.15, -0.1) is 0 Å². The van der Waals surface area contributed by atoms with Crippen LogP contribution in [0.25, 0.3) is 0 Å². The second kappa shape index (κ2) is 7.33. The van der Waals surface area contributed by atoms with Crippen molar-refractivity contribution in [2.45, 2.75) is 46.6 Å². The largest absolute Gasteiger partial charge is 0.489 e. The number of aryl methyl sites for hydroxylation is 2. The molecule has 0 bridgehead atoms. The van der Waals surface area contributed by atoms with Gasteiger partial charge in [-0.25, -0.2) is 0 Å². The number of hydrogen-bond acceptors (Lipinski definition) is 2. The van der Waals surface area contributed by atoms with Crippen LogP contribution < -0.4 is 10.1 Å². The van der Waals surface area contributed by atoms with E-state index in [1.165, 1.54) is 11.1 Å². The van der Waals surface area contributed by atoms with E-state index in [-0.39, 0.29) is 6.10 Å². The lowest BCUT2D eigenvalue weighted by molar-refractivity contribution is 0.186. The maximum Gasteiger partial charge on any atom is 0.122 e. The zero-order valence-corrected chi connectivity index (χ0v) is 11.5. The van der Waals surface area contributed by atoms with Crippen LogP contribution in [0.5, 0.6) is 5.75 Å². The van der Waals surface area contributed by atoms with Crippen LogP contribution in [-0.2, 0) is 0 Å². The molecule has 0 saturated heterocycles. The van der Waals surface area contributed by atoms with Crippen molar-refractivity contribution >= 4 is 0 Å². The summed E-state index contributed by atoms with van der Waals surface area (Å²) in [5.41, 5.74) is 2.47. The van der Waals surface area contributed by atoms with Crippen molar-refractivity contribution < 1.29 is 4.74 Å². The molecular formula is C15H25NO. The van der Waals surface area contributed by atoms with Gasteiger partial charge < -0.3 is 10.1 Å². The van der Waals surface area contributed by atoms with Crippen molar-refractivity contribution in [2.24, 2.45) is 0 Å². The Balaban J connectivity index is 2.67. The minimum absolute atomic E-state index is 0.278. The summed E-state index contributed by atoms with van der Waals surface area (Å²) in [7, 11) is 0. The zero-order chi connectivity index (χ0) is 12.7. The standard InChI is InChI=1S/C15H25NO/c1-5-7-14(11-16-6-2)17-15-10-12(3)8-9-13(15)4/h8-10,14,16H,5-7,11H2,1-4H3. The third-order valence-electron chi connectivity index (χ3n) is 2.87. The van der Waals surface area contributed by atoms with E-state index in [9.17, 15) is 0 Å². The molecule has 1 atom stereocenters. The van der Waals surface area contributed by atoms with Crippen LogP contribution >= 0.6 is 0 Å². The Morgan fingerprint density at radius 3 is 2.65 bits per heavy atom. The van der Waals surface area contributed by atoms with E-state index in [1.54, 1.807) is 0 Å². The summed E-state index contributed by atoms with van der Waals surface area (Å²) in [5.74, 6) is 1.03. The third kappa shape index (κ3) is 4.78. The number of ether oxygens (including phenoxy) is 1. The molecule has 0 heterocycles. The molecule has 0 saturated carbocycles. The normalized spacial score (nSPS) is 12.5. The zero-order valence-electron chi connectivity index (χ0n) is 11.5. The van der Waals surface area contributed by atoms with Gasteiger partial charge in [-0.2, -0.15) is 0 Å². The molecule has 0 aromatic heterocycles. The first kappa shape index (κ1) is 14.0. The maximum atomic E-state index is 6.11. The van der Waals surface area contributed by atoms with Gasteiger partial charge in [-0.3, -0.25) is 0 Å². The molecule has 0 aliphatic heterocycles. The van der Waals surface area contributed by atoms with Crippen molar-refractivity contribution in [3.63, 3.8) is 0 Å². The van der Waals surface area contributed by atoms with Crippen LogP contribution in [-0.4, -0.2) is 19.2 Å². The van der Waals surface area contributed by atoms with Crippen molar-refractivity contribution in [3.05, 3.63) is 29.3 Å². The van der Waals surface area contributed by atoms with Crippen molar-refractivity contribution in [2.75, 3.05) is 13.1 Å². The molecule has 0 radical (unpaired) electrons. The first-order valence-electron chi connectivity index (χ1n) is 6.62. The minimum atomic E-state index is 0.278. The second-order valence-electron chi connectivity index (χ2n) is 4.61. The maximum absolute atomic E-state index is 6.11. The van der Waals surface area contributed by atoms with E-state index in [4.69, 9.17) is 4.74 Å². The lowest BCUT2D eigenvalue weighted by Gasteiger charge is -2.20. The molecule has 96 valence electrons. The Hall–Kier alpha value is -1.02. The van der Waals surface area contributed by atoms with E-state index < -0.39 is 0 Å². The van der Waals surface area contributed by atoms with Gasteiger partial charge in [0.15, 0.2) is 0 Å². The van der Waals surface area contributed by atoms with Gasteiger partial charge in [0.1, 0.15) is 11.9 Å². The average Bonchev–Trinajstić information content (AvgIpc) is 2.31. The quantitative estimate of drug-likeness (QED) is 0.781. The molecule has 1 aromatic rings. The fourth-order valence-electron chi connectivity index (χ4n) is 1.84. The molecule has 1 N–H and O–H groups in total. The first-order valence-corrected chi connectivity index (χ1v) is 6.62. The number of hydrogen-bond donors (Lipinski definition) is 1. The summed E-state index contributed by atoms with van der Waals surface area (Å²) in [5, 5.41) is 3.36. The van der Waals surface area contributed by atoms with Gasteiger partial charge in [0.25, 0.3) is 0 Å². The molecule has 0 aliphatic carbocycles. The van der Waals surface area contributed by atoms with Gasteiger partial charge in [-0.1, -0.05) is 32.4 Å². The van der Waals surface area contributed by atoms with Gasteiger partial charge >= 0.3 is 0 Å². The Labute approximate surface area is 105 Å². The molecule has 1 rings (SSSR count). The van der Waals surface area contributed by atoms with Crippen molar-refractivity contribution in [1.29, 1.82) is 0 Å².